The van der Waals surface area contributed by atoms with Crippen molar-refractivity contribution in [2.24, 2.45) is 5.92 Å². The number of aliphatic hydroxyl groups excluding tert-OH is 1. The highest BCUT2D eigenvalue weighted by atomic mass is 16.3. The zero-order chi connectivity index (χ0) is 11.4. The van der Waals surface area contributed by atoms with Crippen molar-refractivity contribution in [1.82, 2.24) is 5.32 Å². The number of hydrogen-bond donors (Lipinski definition) is 2. The minimum atomic E-state index is -0.177. The lowest BCUT2D eigenvalue weighted by atomic mass is 9.85. The predicted octanol–water partition coefficient (Wildman–Crippen LogP) is 1.99. The Kier molecular flexibility index (Phi) is 4.22. The summed E-state index contributed by atoms with van der Waals surface area (Å²) in [6.07, 6.45) is 9.75. The van der Waals surface area contributed by atoms with Gasteiger partial charge < -0.3 is 10.4 Å². The monoisotopic (exact) mass is 225 g/mol. The Morgan fingerprint density at radius 1 is 1.19 bits per heavy atom. The maximum absolute atomic E-state index is 11.6. The van der Waals surface area contributed by atoms with Crippen molar-refractivity contribution in [2.45, 2.75) is 69.9 Å². The molecule has 0 aromatic rings. The molecular formula is C13H23NO2. The Hall–Kier alpha value is -0.570. The van der Waals surface area contributed by atoms with Crippen LogP contribution >= 0.6 is 0 Å². The lowest BCUT2D eigenvalue weighted by Crippen LogP contribution is -2.46. The number of carbonyl (C=O) groups excluding carboxylic acids is 1. The Morgan fingerprint density at radius 2 is 1.88 bits per heavy atom. The third kappa shape index (κ3) is 3.48. The number of aliphatic hydroxyl groups is 1. The van der Waals surface area contributed by atoms with Gasteiger partial charge in [0.25, 0.3) is 0 Å². The van der Waals surface area contributed by atoms with Gasteiger partial charge in [0.05, 0.1) is 6.10 Å². The highest BCUT2D eigenvalue weighted by Gasteiger charge is 2.28. The first-order valence-electron chi connectivity index (χ1n) is 6.71. The topological polar surface area (TPSA) is 49.3 Å². The normalized spacial score (nSPS) is 30.8. The fourth-order valence-electron chi connectivity index (χ4n) is 2.82. The van der Waals surface area contributed by atoms with Crippen LogP contribution in [0.25, 0.3) is 0 Å². The van der Waals surface area contributed by atoms with Gasteiger partial charge in [0.2, 0.25) is 5.91 Å². The molecule has 16 heavy (non-hydrogen) atoms. The highest BCUT2D eigenvalue weighted by molar-refractivity contribution is 5.76. The Balaban J connectivity index is 1.56. The molecule has 0 spiro atoms. The molecule has 0 aromatic carbocycles. The second-order valence-electron chi connectivity index (χ2n) is 5.43. The van der Waals surface area contributed by atoms with Crippen LogP contribution in [0.15, 0.2) is 0 Å². The Bertz CT molecular complexity index is 230. The zero-order valence-corrected chi connectivity index (χ0v) is 9.95. The van der Waals surface area contributed by atoms with Crippen LogP contribution in [0.3, 0.4) is 0 Å². The van der Waals surface area contributed by atoms with E-state index in [-0.39, 0.29) is 18.1 Å². The Morgan fingerprint density at radius 3 is 2.50 bits per heavy atom. The molecule has 0 saturated heterocycles. The van der Waals surface area contributed by atoms with Crippen molar-refractivity contribution in [1.29, 1.82) is 0 Å². The fourth-order valence-corrected chi connectivity index (χ4v) is 2.82. The molecule has 0 atom stereocenters. The van der Waals surface area contributed by atoms with Gasteiger partial charge in [-0.15, -0.1) is 0 Å². The van der Waals surface area contributed by atoms with E-state index in [9.17, 15) is 4.79 Å². The van der Waals surface area contributed by atoms with Crippen LogP contribution < -0.4 is 5.32 Å². The molecule has 0 unspecified atom stereocenters. The average Bonchev–Trinajstić information content (AvgIpc) is 2.26. The van der Waals surface area contributed by atoms with Crippen LogP contribution in [0, 0.1) is 5.92 Å². The van der Waals surface area contributed by atoms with E-state index in [4.69, 9.17) is 5.11 Å². The first-order valence-corrected chi connectivity index (χ1v) is 6.71. The van der Waals surface area contributed by atoms with Crippen molar-refractivity contribution in [3.63, 3.8) is 0 Å². The largest absolute Gasteiger partial charge is 0.393 e. The summed E-state index contributed by atoms with van der Waals surface area (Å²) in [5.74, 6) is 0.967. The van der Waals surface area contributed by atoms with E-state index in [0.717, 1.165) is 25.2 Å². The van der Waals surface area contributed by atoms with Gasteiger partial charge >= 0.3 is 0 Å². The third-order valence-corrected chi connectivity index (χ3v) is 3.98. The number of nitrogens with one attached hydrogen (secondary N) is 1. The lowest BCUT2D eigenvalue weighted by Gasteiger charge is -2.32. The summed E-state index contributed by atoms with van der Waals surface area (Å²) in [5.41, 5.74) is 0. The Labute approximate surface area is 97.6 Å². The summed E-state index contributed by atoms with van der Waals surface area (Å²) in [6, 6.07) is 0.244. The first-order chi connectivity index (χ1) is 7.74. The van der Waals surface area contributed by atoms with Gasteiger partial charge in [0.15, 0.2) is 0 Å². The van der Waals surface area contributed by atoms with Gasteiger partial charge in [-0.1, -0.05) is 32.1 Å². The van der Waals surface area contributed by atoms with Crippen LogP contribution in [0.1, 0.15) is 57.8 Å². The van der Waals surface area contributed by atoms with Crippen LogP contribution in [0.2, 0.25) is 0 Å². The molecule has 0 aromatic heterocycles. The third-order valence-electron chi connectivity index (χ3n) is 3.98. The quantitative estimate of drug-likeness (QED) is 0.768. The maximum Gasteiger partial charge on any atom is 0.220 e. The lowest BCUT2D eigenvalue weighted by molar-refractivity contribution is -0.123. The molecule has 0 heterocycles. The van der Waals surface area contributed by atoms with Gasteiger partial charge in [-0.25, -0.2) is 0 Å². The van der Waals surface area contributed by atoms with Crippen molar-refractivity contribution < 1.29 is 9.90 Å². The molecule has 2 fully saturated rings. The molecule has 2 rings (SSSR count). The van der Waals surface area contributed by atoms with Gasteiger partial charge in [-0.05, 0) is 25.2 Å². The van der Waals surface area contributed by atoms with Crippen LogP contribution in [0.5, 0.6) is 0 Å². The minimum Gasteiger partial charge on any atom is -0.393 e. The van der Waals surface area contributed by atoms with Gasteiger partial charge in [0.1, 0.15) is 0 Å². The molecule has 1 amide bonds. The predicted molar refractivity (Wildman–Crippen MR) is 63.0 cm³/mol. The summed E-state index contributed by atoms with van der Waals surface area (Å²) in [7, 11) is 0. The number of hydrogen-bond acceptors (Lipinski definition) is 2. The molecule has 3 heteroatoms. The second-order valence-corrected chi connectivity index (χ2v) is 5.43. The number of carbonyl (C=O) groups is 1. The maximum atomic E-state index is 11.6. The smallest absolute Gasteiger partial charge is 0.220 e. The molecule has 0 bridgehead atoms. The second kappa shape index (κ2) is 5.67. The summed E-state index contributed by atoms with van der Waals surface area (Å²) in [6.45, 7) is 0. The number of rotatable bonds is 4. The van der Waals surface area contributed by atoms with E-state index in [1.54, 1.807) is 0 Å². The van der Waals surface area contributed by atoms with E-state index in [2.05, 4.69) is 5.32 Å². The van der Waals surface area contributed by atoms with Crippen LogP contribution in [-0.2, 0) is 4.79 Å². The number of amides is 1. The van der Waals surface area contributed by atoms with E-state index in [1.165, 1.54) is 32.1 Å². The molecule has 0 aliphatic heterocycles. The van der Waals surface area contributed by atoms with E-state index in [0.29, 0.717) is 6.42 Å². The van der Waals surface area contributed by atoms with E-state index in [1.807, 2.05) is 0 Å². The van der Waals surface area contributed by atoms with Gasteiger partial charge in [0, 0.05) is 12.5 Å². The standard InChI is InChI=1S/C13H23NO2/c15-12-8-11(9-12)14-13(16)7-6-10-4-2-1-3-5-10/h10-12,15H,1-9H2,(H,14,16). The summed E-state index contributed by atoms with van der Waals surface area (Å²) < 4.78 is 0. The molecule has 2 saturated carbocycles. The molecule has 92 valence electrons. The van der Waals surface area contributed by atoms with E-state index < -0.39 is 0 Å². The molecule has 2 aliphatic rings. The first kappa shape index (κ1) is 11.9. The van der Waals surface area contributed by atoms with Crippen LogP contribution in [0.4, 0.5) is 0 Å². The molecule has 0 radical (unpaired) electrons. The molecule has 2 N–H and O–H groups in total. The fraction of sp³-hybridized carbons (Fsp3) is 0.923. The zero-order valence-electron chi connectivity index (χ0n) is 9.95. The summed E-state index contributed by atoms with van der Waals surface area (Å²) >= 11 is 0. The van der Waals surface area contributed by atoms with Crippen molar-refractivity contribution >= 4 is 5.91 Å². The summed E-state index contributed by atoms with van der Waals surface area (Å²) in [4.78, 5) is 11.6. The van der Waals surface area contributed by atoms with Gasteiger partial charge in [-0.3, -0.25) is 4.79 Å². The molecular weight excluding hydrogens is 202 g/mol. The van der Waals surface area contributed by atoms with Crippen molar-refractivity contribution in [3.05, 3.63) is 0 Å². The minimum absolute atomic E-state index is 0.177. The molecule has 2 aliphatic carbocycles. The van der Waals surface area contributed by atoms with E-state index >= 15 is 0 Å². The highest BCUT2D eigenvalue weighted by Crippen LogP contribution is 2.27. The average molecular weight is 225 g/mol. The van der Waals surface area contributed by atoms with Crippen LogP contribution in [-0.4, -0.2) is 23.2 Å². The van der Waals surface area contributed by atoms with Crippen molar-refractivity contribution in [2.75, 3.05) is 0 Å². The summed E-state index contributed by atoms with van der Waals surface area (Å²) in [5, 5.41) is 12.1. The SMILES string of the molecule is O=C(CCC1CCCCC1)NC1CC(O)C1. The molecule has 3 nitrogen and oxygen atoms in total. The van der Waals surface area contributed by atoms with Crippen molar-refractivity contribution in [3.8, 4) is 0 Å². The van der Waals surface area contributed by atoms with Gasteiger partial charge in [-0.2, -0.15) is 0 Å².